The van der Waals surface area contributed by atoms with Gasteiger partial charge in [-0.1, -0.05) is 24.3 Å². The molecule has 0 bridgehead atoms. The first-order valence-corrected chi connectivity index (χ1v) is 7.76. The smallest absolute Gasteiger partial charge is 0.416 e. The van der Waals surface area contributed by atoms with Crippen molar-refractivity contribution in [1.29, 1.82) is 0 Å². The number of nitrogens with one attached hydrogen (secondary N) is 1. The lowest BCUT2D eigenvalue weighted by molar-refractivity contribution is -0.137. The molecule has 0 saturated heterocycles. The van der Waals surface area contributed by atoms with Gasteiger partial charge >= 0.3 is 12.1 Å². The molecule has 134 valence electrons. The number of carbonyl (C=O) groups excluding carboxylic acids is 1. The number of esters is 1. The molecule has 26 heavy (non-hydrogen) atoms. The molecule has 0 aliphatic carbocycles. The molecule has 3 rings (SSSR count). The van der Waals surface area contributed by atoms with Crippen molar-refractivity contribution in [3.05, 3.63) is 77.0 Å². The molecule has 3 aromatic rings. The second kappa shape index (κ2) is 7.03. The summed E-state index contributed by atoms with van der Waals surface area (Å²) in [6, 6.07) is 13.7. The normalized spacial score (nSPS) is 11.4. The van der Waals surface area contributed by atoms with Crippen LogP contribution in [0.15, 0.2) is 54.6 Å². The average molecular weight is 360 g/mol. The minimum Gasteiger partial charge on any atom is -0.465 e. The maximum Gasteiger partial charge on any atom is 0.416 e. The number of hydrogen-bond acceptors (Lipinski definition) is 3. The van der Waals surface area contributed by atoms with Crippen molar-refractivity contribution in [2.45, 2.75) is 12.6 Å². The molecule has 0 radical (unpaired) electrons. The molecule has 0 spiro atoms. The molecule has 0 fully saturated rings. The van der Waals surface area contributed by atoms with E-state index in [-0.39, 0.29) is 0 Å². The molecule has 1 aromatic heterocycles. The number of ether oxygens (including phenoxy) is 1. The van der Waals surface area contributed by atoms with Crippen LogP contribution in [0.3, 0.4) is 0 Å². The van der Waals surface area contributed by atoms with E-state index in [4.69, 9.17) is 0 Å². The first kappa shape index (κ1) is 17.7. The van der Waals surface area contributed by atoms with Gasteiger partial charge in [-0.2, -0.15) is 18.3 Å². The van der Waals surface area contributed by atoms with Crippen LogP contribution in [0.1, 0.15) is 27.2 Å². The van der Waals surface area contributed by atoms with Crippen molar-refractivity contribution >= 4 is 5.97 Å². The van der Waals surface area contributed by atoms with Gasteiger partial charge < -0.3 is 4.74 Å². The minimum atomic E-state index is -4.39. The van der Waals surface area contributed by atoms with Crippen molar-refractivity contribution in [2.75, 3.05) is 7.11 Å². The van der Waals surface area contributed by atoms with E-state index in [9.17, 15) is 18.0 Å². The Balaban J connectivity index is 1.77. The Hall–Kier alpha value is -3.09. The third-order valence-electron chi connectivity index (χ3n) is 3.89. The summed E-state index contributed by atoms with van der Waals surface area (Å²) in [7, 11) is 1.32. The topological polar surface area (TPSA) is 55.0 Å². The number of carbonyl (C=O) groups is 1. The van der Waals surface area contributed by atoms with Crippen molar-refractivity contribution in [1.82, 2.24) is 10.2 Å². The van der Waals surface area contributed by atoms with Gasteiger partial charge in [-0.15, -0.1) is 0 Å². The number of rotatable bonds is 4. The van der Waals surface area contributed by atoms with Gasteiger partial charge in [-0.25, -0.2) is 4.79 Å². The maximum atomic E-state index is 12.8. The van der Waals surface area contributed by atoms with E-state index in [1.807, 2.05) is 0 Å². The van der Waals surface area contributed by atoms with Crippen LogP contribution in [-0.4, -0.2) is 23.3 Å². The third kappa shape index (κ3) is 3.93. The predicted octanol–water partition coefficient (Wildman–Crippen LogP) is 4.47. The molecular weight excluding hydrogens is 345 g/mol. The Morgan fingerprint density at radius 3 is 2.50 bits per heavy atom. The molecule has 0 aliphatic rings. The van der Waals surface area contributed by atoms with Gasteiger partial charge in [0.15, 0.2) is 0 Å². The lowest BCUT2D eigenvalue weighted by Gasteiger charge is -2.07. The highest BCUT2D eigenvalue weighted by molar-refractivity contribution is 5.89. The number of halogens is 3. The number of nitrogens with zero attached hydrogens (tertiary/aromatic N) is 1. The molecule has 0 saturated carbocycles. The molecule has 0 atom stereocenters. The summed E-state index contributed by atoms with van der Waals surface area (Å²) in [5, 5.41) is 6.93. The lowest BCUT2D eigenvalue weighted by atomic mass is 10.1. The Kier molecular flexibility index (Phi) is 4.79. The quantitative estimate of drug-likeness (QED) is 0.699. The fourth-order valence-electron chi connectivity index (χ4n) is 2.55. The van der Waals surface area contributed by atoms with Crippen LogP contribution < -0.4 is 0 Å². The fourth-order valence-corrected chi connectivity index (χ4v) is 2.55. The van der Waals surface area contributed by atoms with Crippen LogP contribution >= 0.6 is 0 Å². The predicted molar refractivity (Wildman–Crippen MR) is 89.6 cm³/mol. The third-order valence-corrected chi connectivity index (χ3v) is 3.89. The Bertz CT molecular complexity index is 915. The second-order valence-electron chi connectivity index (χ2n) is 5.72. The van der Waals surface area contributed by atoms with Crippen LogP contribution in [0.25, 0.3) is 11.3 Å². The van der Waals surface area contributed by atoms with Gasteiger partial charge in [0.2, 0.25) is 0 Å². The first-order valence-electron chi connectivity index (χ1n) is 7.76. The van der Waals surface area contributed by atoms with Crippen LogP contribution in [0.2, 0.25) is 0 Å². The van der Waals surface area contributed by atoms with Crippen LogP contribution in [0, 0.1) is 0 Å². The minimum absolute atomic E-state index is 0.392. The Morgan fingerprint density at radius 2 is 1.85 bits per heavy atom. The number of methoxy groups -OCH3 is 1. The van der Waals surface area contributed by atoms with Crippen molar-refractivity contribution in [3.8, 4) is 11.3 Å². The SMILES string of the molecule is COC(=O)c1ccc(Cc2cc(-c3cccc(C(F)(F)F)c3)n[nH]2)cc1. The van der Waals surface area contributed by atoms with Crippen molar-refractivity contribution in [2.24, 2.45) is 0 Å². The van der Waals surface area contributed by atoms with E-state index in [0.29, 0.717) is 23.2 Å². The van der Waals surface area contributed by atoms with E-state index >= 15 is 0 Å². The molecule has 0 amide bonds. The van der Waals surface area contributed by atoms with E-state index in [0.717, 1.165) is 23.4 Å². The number of benzene rings is 2. The highest BCUT2D eigenvalue weighted by Crippen LogP contribution is 2.31. The highest BCUT2D eigenvalue weighted by atomic mass is 19.4. The molecule has 0 aliphatic heterocycles. The number of aromatic nitrogens is 2. The molecule has 1 N–H and O–H groups in total. The number of H-pyrrole nitrogens is 1. The molecule has 1 heterocycles. The summed E-state index contributed by atoms with van der Waals surface area (Å²) in [6.45, 7) is 0. The molecule has 4 nitrogen and oxygen atoms in total. The standard InChI is InChI=1S/C19H15F3N2O2/c1-26-18(25)13-7-5-12(6-8-13)9-16-11-17(24-23-16)14-3-2-4-15(10-14)19(20,21)22/h2-8,10-11H,9H2,1H3,(H,23,24). The summed E-state index contributed by atoms with van der Waals surface area (Å²) in [4.78, 5) is 11.4. The Labute approximate surface area is 147 Å². The largest absolute Gasteiger partial charge is 0.465 e. The monoisotopic (exact) mass is 360 g/mol. The van der Waals surface area contributed by atoms with Gasteiger partial charge in [0.05, 0.1) is 23.9 Å². The number of alkyl halides is 3. The van der Waals surface area contributed by atoms with Crippen LogP contribution in [0.4, 0.5) is 13.2 Å². The Morgan fingerprint density at radius 1 is 1.12 bits per heavy atom. The summed E-state index contributed by atoms with van der Waals surface area (Å²) >= 11 is 0. The van der Waals surface area contributed by atoms with Crippen molar-refractivity contribution in [3.63, 3.8) is 0 Å². The van der Waals surface area contributed by atoms with Gasteiger partial charge in [-0.3, -0.25) is 5.10 Å². The summed E-state index contributed by atoms with van der Waals surface area (Å²) in [6.07, 6.45) is -3.88. The lowest BCUT2D eigenvalue weighted by Crippen LogP contribution is -2.04. The highest BCUT2D eigenvalue weighted by Gasteiger charge is 2.30. The first-order chi connectivity index (χ1) is 12.4. The summed E-state index contributed by atoms with van der Waals surface area (Å²) in [5.74, 6) is -0.412. The van der Waals surface area contributed by atoms with E-state index in [2.05, 4.69) is 14.9 Å². The van der Waals surface area contributed by atoms with Gasteiger partial charge in [-0.05, 0) is 35.9 Å². The van der Waals surface area contributed by atoms with Crippen LogP contribution in [0.5, 0.6) is 0 Å². The zero-order chi connectivity index (χ0) is 18.7. The van der Waals surface area contributed by atoms with Gasteiger partial charge in [0.25, 0.3) is 0 Å². The average Bonchev–Trinajstić information content (AvgIpc) is 3.09. The molecular formula is C19H15F3N2O2. The zero-order valence-corrected chi connectivity index (χ0v) is 13.8. The van der Waals surface area contributed by atoms with E-state index in [1.54, 1.807) is 36.4 Å². The second-order valence-corrected chi connectivity index (χ2v) is 5.72. The fraction of sp³-hybridized carbons (Fsp3) is 0.158. The van der Waals surface area contributed by atoms with E-state index in [1.165, 1.54) is 13.2 Å². The van der Waals surface area contributed by atoms with Gasteiger partial charge in [0, 0.05) is 17.7 Å². The van der Waals surface area contributed by atoms with E-state index < -0.39 is 17.7 Å². The maximum absolute atomic E-state index is 12.8. The van der Waals surface area contributed by atoms with Gasteiger partial charge in [0.1, 0.15) is 0 Å². The number of aromatic amines is 1. The van der Waals surface area contributed by atoms with Crippen LogP contribution in [-0.2, 0) is 17.3 Å². The molecule has 0 unspecified atom stereocenters. The summed E-state index contributed by atoms with van der Waals surface area (Å²) in [5.41, 5.74) is 2.25. The zero-order valence-electron chi connectivity index (χ0n) is 13.8. The van der Waals surface area contributed by atoms with Crippen molar-refractivity contribution < 1.29 is 22.7 Å². The number of hydrogen-bond donors (Lipinski definition) is 1. The summed E-state index contributed by atoms with van der Waals surface area (Å²) < 4.78 is 43.1. The molecule has 2 aromatic carbocycles. The molecule has 7 heteroatoms.